The quantitative estimate of drug-likeness (QED) is 0.672. The lowest BCUT2D eigenvalue weighted by molar-refractivity contribution is -0.118. The first-order chi connectivity index (χ1) is 10.8. The van der Waals surface area contributed by atoms with Gasteiger partial charge in [0.15, 0.2) is 5.16 Å². The van der Waals surface area contributed by atoms with Crippen LogP contribution in [0.2, 0.25) is 0 Å². The molecule has 0 fully saturated rings. The van der Waals surface area contributed by atoms with Crippen LogP contribution in [-0.2, 0) is 17.9 Å². The fourth-order valence-electron chi connectivity index (χ4n) is 1.82. The Morgan fingerprint density at radius 3 is 3.14 bits per heavy atom. The summed E-state index contributed by atoms with van der Waals surface area (Å²) < 4.78 is 7.16. The highest BCUT2D eigenvalue weighted by Crippen LogP contribution is 2.16. The minimum Gasteiger partial charge on any atom is -0.467 e. The van der Waals surface area contributed by atoms with E-state index in [4.69, 9.17) is 4.42 Å². The van der Waals surface area contributed by atoms with E-state index in [9.17, 15) is 4.79 Å². The summed E-state index contributed by atoms with van der Waals surface area (Å²) in [5, 5.41) is 13.5. The molecule has 0 aliphatic rings. The number of nitrogens with zero attached hydrogens (tertiary/aromatic N) is 3. The van der Waals surface area contributed by atoms with Gasteiger partial charge in [-0.15, -0.1) is 21.5 Å². The first-order valence-corrected chi connectivity index (χ1v) is 8.50. The fourth-order valence-corrected chi connectivity index (χ4v) is 3.20. The number of aromatic nitrogens is 3. The number of nitrogens with one attached hydrogen (secondary N) is 1. The van der Waals surface area contributed by atoms with Gasteiger partial charge in [0.1, 0.15) is 12.1 Å². The van der Waals surface area contributed by atoms with E-state index in [1.165, 1.54) is 11.8 Å². The molecule has 0 atom stereocenters. The monoisotopic (exact) mass is 334 g/mol. The average Bonchev–Trinajstić information content (AvgIpc) is 3.26. The third-order valence-corrected chi connectivity index (χ3v) is 4.72. The van der Waals surface area contributed by atoms with E-state index in [1.54, 1.807) is 23.9 Å². The van der Waals surface area contributed by atoms with Gasteiger partial charge in [-0.05, 0) is 23.6 Å². The molecule has 0 spiro atoms. The van der Waals surface area contributed by atoms with Gasteiger partial charge in [-0.3, -0.25) is 4.79 Å². The normalized spacial score (nSPS) is 10.7. The summed E-state index contributed by atoms with van der Waals surface area (Å²) in [5.74, 6) is 1.11. The predicted molar refractivity (Wildman–Crippen MR) is 84.7 cm³/mol. The number of hydrogen-bond donors (Lipinski definition) is 1. The summed E-state index contributed by atoms with van der Waals surface area (Å²) in [4.78, 5) is 13.0. The van der Waals surface area contributed by atoms with Gasteiger partial charge < -0.3 is 14.3 Å². The molecule has 0 aliphatic heterocycles. The SMILES string of the molecule is O=C(CSc1nncn1Cc1ccco1)NCc1cccs1. The standard InChI is InChI=1S/C14H14N4O2S2/c19-13(15-7-12-4-2-6-21-12)9-22-14-17-16-10-18(14)8-11-3-1-5-20-11/h1-6,10H,7-9H2,(H,15,19). The number of carbonyl (C=O) groups is 1. The third kappa shape index (κ3) is 3.99. The van der Waals surface area contributed by atoms with E-state index in [0.29, 0.717) is 24.0 Å². The van der Waals surface area contributed by atoms with Gasteiger partial charge in [-0.1, -0.05) is 17.8 Å². The molecule has 3 rings (SSSR count). The van der Waals surface area contributed by atoms with Gasteiger partial charge >= 0.3 is 0 Å². The van der Waals surface area contributed by atoms with Crippen molar-refractivity contribution in [2.24, 2.45) is 0 Å². The topological polar surface area (TPSA) is 73.0 Å². The van der Waals surface area contributed by atoms with Crippen LogP contribution in [0.1, 0.15) is 10.6 Å². The van der Waals surface area contributed by atoms with Crippen LogP contribution in [-0.4, -0.2) is 26.4 Å². The molecule has 0 bridgehead atoms. The highest BCUT2D eigenvalue weighted by molar-refractivity contribution is 7.99. The van der Waals surface area contributed by atoms with Gasteiger partial charge in [-0.2, -0.15) is 0 Å². The zero-order valence-electron chi connectivity index (χ0n) is 11.6. The second kappa shape index (κ2) is 7.28. The van der Waals surface area contributed by atoms with Crippen molar-refractivity contribution >= 4 is 29.0 Å². The Labute approximate surface area is 135 Å². The van der Waals surface area contributed by atoms with Crippen molar-refractivity contribution in [3.63, 3.8) is 0 Å². The fraction of sp³-hybridized carbons (Fsp3) is 0.214. The highest BCUT2D eigenvalue weighted by Gasteiger charge is 2.10. The summed E-state index contributed by atoms with van der Waals surface area (Å²) in [6.45, 7) is 1.12. The number of furan rings is 1. The maximum Gasteiger partial charge on any atom is 0.230 e. The molecule has 0 unspecified atom stereocenters. The van der Waals surface area contributed by atoms with Gasteiger partial charge in [-0.25, -0.2) is 0 Å². The lowest BCUT2D eigenvalue weighted by Crippen LogP contribution is -2.24. The summed E-state index contributed by atoms with van der Waals surface area (Å²) in [6.07, 6.45) is 3.26. The average molecular weight is 334 g/mol. The molecule has 0 aliphatic carbocycles. The predicted octanol–water partition coefficient (Wildman–Crippen LogP) is 2.39. The number of rotatable bonds is 7. The van der Waals surface area contributed by atoms with Gasteiger partial charge in [0.05, 0.1) is 25.1 Å². The smallest absolute Gasteiger partial charge is 0.230 e. The third-order valence-electron chi connectivity index (χ3n) is 2.86. The Hall–Kier alpha value is -2.06. The van der Waals surface area contributed by atoms with Crippen molar-refractivity contribution in [1.82, 2.24) is 20.1 Å². The molecule has 6 nitrogen and oxygen atoms in total. The first-order valence-electron chi connectivity index (χ1n) is 6.63. The maximum atomic E-state index is 11.9. The Morgan fingerprint density at radius 1 is 1.41 bits per heavy atom. The second-order valence-corrected chi connectivity index (χ2v) is 6.44. The molecule has 3 aromatic heterocycles. The molecule has 0 saturated heterocycles. The summed E-state index contributed by atoms with van der Waals surface area (Å²) in [7, 11) is 0. The molecule has 1 N–H and O–H groups in total. The summed E-state index contributed by atoms with van der Waals surface area (Å²) in [6, 6.07) is 7.70. The van der Waals surface area contributed by atoms with Crippen molar-refractivity contribution in [3.05, 3.63) is 52.9 Å². The largest absolute Gasteiger partial charge is 0.467 e. The minimum absolute atomic E-state index is 0.0223. The molecular weight excluding hydrogens is 320 g/mol. The van der Waals surface area contributed by atoms with Crippen LogP contribution in [0.25, 0.3) is 0 Å². The molecule has 3 heterocycles. The lowest BCUT2D eigenvalue weighted by atomic mass is 10.4. The van der Waals surface area contributed by atoms with E-state index in [2.05, 4.69) is 15.5 Å². The number of thioether (sulfide) groups is 1. The van der Waals surface area contributed by atoms with Crippen LogP contribution < -0.4 is 5.32 Å². The first kappa shape index (κ1) is 14.9. The Balaban J connectivity index is 1.49. The maximum absolute atomic E-state index is 11.9. The molecule has 8 heteroatoms. The molecule has 1 amide bonds. The van der Waals surface area contributed by atoms with Gasteiger partial charge in [0.2, 0.25) is 5.91 Å². The number of thiophene rings is 1. The number of amides is 1. The highest BCUT2D eigenvalue weighted by atomic mass is 32.2. The molecular formula is C14H14N4O2S2. The van der Waals surface area contributed by atoms with Crippen LogP contribution in [0.4, 0.5) is 0 Å². The van der Waals surface area contributed by atoms with Crippen LogP contribution in [0.5, 0.6) is 0 Å². The van der Waals surface area contributed by atoms with E-state index < -0.39 is 0 Å². The van der Waals surface area contributed by atoms with Gasteiger partial charge in [0, 0.05) is 4.88 Å². The van der Waals surface area contributed by atoms with Crippen LogP contribution in [0.3, 0.4) is 0 Å². The molecule has 114 valence electrons. The molecule has 0 saturated carbocycles. The Bertz CT molecular complexity index is 707. The zero-order valence-corrected chi connectivity index (χ0v) is 13.3. The van der Waals surface area contributed by atoms with Gasteiger partial charge in [0.25, 0.3) is 0 Å². The van der Waals surface area contributed by atoms with Crippen molar-refractivity contribution < 1.29 is 9.21 Å². The Kier molecular flexibility index (Phi) is 4.92. The van der Waals surface area contributed by atoms with Crippen molar-refractivity contribution in [3.8, 4) is 0 Å². The van der Waals surface area contributed by atoms with E-state index in [1.807, 2.05) is 34.2 Å². The van der Waals surface area contributed by atoms with Crippen molar-refractivity contribution in [2.75, 3.05) is 5.75 Å². The molecule has 0 radical (unpaired) electrons. The summed E-state index contributed by atoms with van der Waals surface area (Å²) in [5.41, 5.74) is 0. The lowest BCUT2D eigenvalue weighted by Gasteiger charge is -2.05. The van der Waals surface area contributed by atoms with E-state index in [0.717, 1.165) is 10.6 Å². The van der Waals surface area contributed by atoms with Crippen molar-refractivity contribution in [1.29, 1.82) is 0 Å². The molecule has 0 aromatic carbocycles. The van der Waals surface area contributed by atoms with Crippen LogP contribution in [0, 0.1) is 0 Å². The van der Waals surface area contributed by atoms with E-state index >= 15 is 0 Å². The molecule has 3 aromatic rings. The van der Waals surface area contributed by atoms with Crippen molar-refractivity contribution in [2.45, 2.75) is 18.2 Å². The summed E-state index contributed by atoms with van der Waals surface area (Å²) >= 11 is 2.99. The van der Waals surface area contributed by atoms with Crippen LogP contribution >= 0.6 is 23.1 Å². The Morgan fingerprint density at radius 2 is 2.36 bits per heavy atom. The molecule has 22 heavy (non-hydrogen) atoms. The zero-order chi connectivity index (χ0) is 15.2. The second-order valence-electron chi connectivity index (χ2n) is 4.47. The van der Waals surface area contributed by atoms with Crippen LogP contribution in [0.15, 0.2) is 51.8 Å². The van der Waals surface area contributed by atoms with E-state index in [-0.39, 0.29) is 5.91 Å². The number of hydrogen-bond acceptors (Lipinski definition) is 6. The minimum atomic E-state index is -0.0223. The number of carbonyl (C=O) groups excluding carboxylic acids is 1.